The van der Waals surface area contributed by atoms with Crippen molar-refractivity contribution in [3.63, 3.8) is 0 Å². The second-order valence-corrected chi connectivity index (χ2v) is 3.70. The van der Waals surface area contributed by atoms with Crippen LogP contribution in [0.3, 0.4) is 0 Å². The molecule has 0 unspecified atom stereocenters. The number of nitrogens with zero attached hydrogens (tertiary/aromatic N) is 2. The molecule has 16 heavy (non-hydrogen) atoms. The molecule has 1 aliphatic carbocycles. The quantitative estimate of drug-likeness (QED) is 0.773. The van der Waals surface area contributed by atoms with E-state index >= 15 is 0 Å². The largest absolute Gasteiger partial charge is 0.476 e. The summed E-state index contributed by atoms with van der Waals surface area (Å²) in [6, 6.07) is 0.197. The molecule has 1 heterocycles. The van der Waals surface area contributed by atoms with Crippen molar-refractivity contribution in [3.8, 4) is 0 Å². The number of rotatable bonds is 3. The minimum Gasteiger partial charge on any atom is -0.476 e. The molecule has 1 aromatic rings. The molecule has 2 rings (SSSR count). The zero-order valence-electron chi connectivity index (χ0n) is 8.51. The van der Waals surface area contributed by atoms with Gasteiger partial charge in [-0.2, -0.15) is 0 Å². The molecular formula is C10H11N3O3. The molecule has 0 spiro atoms. The van der Waals surface area contributed by atoms with E-state index in [9.17, 15) is 9.59 Å². The summed E-state index contributed by atoms with van der Waals surface area (Å²) in [5, 5.41) is 11.5. The molecule has 0 aliphatic heterocycles. The van der Waals surface area contributed by atoms with Gasteiger partial charge < -0.3 is 10.4 Å². The van der Waals surface area contributed by atoms with Crippen LogP contribution in [0.5, 0.6) is 0 Å². The van der Waals surface area contributed by atoms with Gasteiger partial charge in [0.05, 0.1) is 12.4 Å². The molecule has 6 nitrogen and oxygen atoms in total. The Labute approximate surface area is 91.7 Å². The fourth-order valence-electron chi connectivity index (χ4n) is 1.39. The maximum atomic E-state index is 11.6. The summed E-state index contributed by atoms with van der Waals surface area (Å²) < 4.78 is 0. The van der Waals surface area contributed by atoms with Crippen molar-refractivity contribution in [2.75, 3.05) is 0 Å². The normalized spacial score (nSPS) is 15.2. The Bertz CT molecular complexity index is 429. The first-order valence-electron chi connectivity index (χ1n) is 5.03. The van der Waals surface area contributed by atoms with Crippen molar-refractivity contribution >= 4 is 11.9 Å². The van der Waals surface area contributed by atoms with E-state index in [1.54, 1.807) is 0 Å². The zero-order valence-corrected chi connectivity index (χ0v) is 8.51. The van der Waals surface area contributed by atoms with Crippen LogP contribution in [0.15, 0.2) is 12.4 Å². The van der Waals surface area contributed by atoms with E-state index in [-0.39, 0.29) is 23.3 Å². The van der Waals surface area contributed by atoms with Crippen LogP contribution in [0.25, 0.3) is 0 Å². The Hall–Kier alpha value is -1.98. The van der Waals surface area contributed by atoms with E-state index in [1.165, 1.54) is 6.20 Å². The lowest BCUT2D eigenvalue weighted by atomic mass is 9.93. The van der Waals surface area contributed by atoms with Crippen molar-refractivity contribution in [3.05, 3.63) is 23.8 Å². The Morgan fingerprint density at radius 2 is 2.00 bits per heavy atom. The Morgan fingerprint density at radius 1 is 1.31 bits per heavy atom. The van der Waals surface area contributed by atoms with E-state index in [0.717, 1.165) is 25.5 Å². The topological polar surface area (TPSA) is 92.2 Å². The lowest BCUT2D eigenvalue weighted by Gasteiger charge is -2.26. The lowest BCUT2D eigenvalue weighted by molar-refractivity contribution is 0.0690. The van der Waals surface area contributed by atoms with Gasteiger partial charge in [-0.1, -0.05) is 0 Å². The van der Waals surface area contributed by atoms with Gasteiger partial charge in [-0.15, -0.1) is 0 Å². The molecule has 2 N–H and O–H groups in total. The average Bonchev–Trinajstić information content (AvgIpc) is 2.23. The minimum atomic E-state index is -1.19. The Balaban J connectivity index is 2.09. The number of carbonyl (C=O) groups is 2. The van der Waals surface area contributed by atoms with E-state index in [4.69, 9.17) is 5.11 Å². The number of carboxylic acids is 1. The first-order chi connectivity index (χ1) is 7.66. The molecule has 1 amide bonds. The molecule has 0 atom stereocenters. The maximum Gasteiger partial charge on any atom is 0.356 e. The first kappa shape index (κ1) is 10.5. The van der Waals surface area contributed by atoms with Gasteiger partial charge in [-0.25, -0.2) is 9.78 Å². The highest BCUT2D eigenvalue weighted by Gasteiger charge is 2.21. The van der Waals surface area contributed by atoms with E-state index in [2.05, 4.69) is 15.3 Å². The number of carbonyl (C=O) groups excluding carboxylic acids is 1. The molecule has 0 radical (unpaired) electrons. The van der Waals surface area contributed by atoms with Crippen molar-refractivity contribution in [1.29, 1.82) is 0 Å². The number of carboxylic acid groups (broad SMARTS) is 1. The summed E-state index contributed by atoms with van der Waals surface area (Å²) >= 11 is 0. The highest BCUT2D eigenvalue weighted by atomic mass is 16.4. The standard InChI is InChI=1S/C10H11N3O3/c14-9(12-6-2-1-3-6)7-4-11-5-8(13-7)10(15)16/h4-6H,1-3H2,(H,12,14)(H,15,16). The molecule has 1 aliphatic rings. The summed E-state index contributed by atoms with van der Waals surface area (Å²) in [5.74, 6) is -1.55. The van der Waals surface area contributed by atoms with Crippen LogP contribution in [0.2, 0.25) is 0 Å². The predicted octanol–water partition coefficient (Wildman–Crippen LogP) is 0.457. The summed E-state index contributed by atoms with van der Waals surface area (Å²) in [4.78, 5) is 29.6. The summed E-state index contributed by atoms with van der Waals surface area (Å²) in [6.45, 7) is 0. The Morgan fingerprint density at radius 3 is 2.56 bits per heavy atom. The van der Waals surface area contributed by atoms with Crippen molar-refractivity contribution in [1.82, 2.24) is 15.3 Å². The smallest absolute Gasteiger partial charge is 0.356 e. The fraction of sp³-hybridized carbons (Fsp3) is 0.400. The zero-order chi connectivity index (χ0) is 11.5. The van der Waals surface area contributed by atoms with Crippen LogP contribution < -0.4 is 5.32 Å². The molecule has 0 aromatic carbocycles. The lowest BCUT2D eigenvalue weighted by Crippen LogP contribution is -2.39. The number of nitrogens with one attached hydrogen (secondary N) is 1. The van der Waals surface area contributed by atoms with Crippen LogP contribution in [0, 0.1) is 0 Å². The molecule has 1 saturated carbocycles. The second-order valence-electron chi connectivity index (χ2n) is 3.70. The van der Waals surface area contributed by atoms with Crippen molar-refractivity contribution < 1.29 is 14.7 Å². The van der Waals surface area contributed by atoms with E-state index < -0.39 is 5.97 Å². The maximum absolute atomic E-state index is 11.6. The second kappa shape index (κ2) is 4.26. The van der Waals surface area contributed by atoms with Gasteiger partial charge in [0.25, 0.3) is 5.91 Å². The van der Waals surface area contributed by atoms with Gasteiger partial charge in [0.15, 0.2) is 5.69 Å². The monoisotopic (exact) mass is 221 g/mol. The van der Waals surface area contributed by atoms with Gasteiger partial charge in [0.1, 0.15) is 5.69 Å². The molecule has 1 aromatic heterocycles. The highest BCUT2D eigenvalue weighted by molar-refractivity contribution is 5.93. The summed E-state index contributed by atoms with van der Waals surface area (Å²) in [7, 11) is 0. The minimum absolute atomic E-state index is 0.0480. The fourth-order valence-corrected chi connectivity index (χ4v) is 1.39. The third-order valence-corrected chi connectivity index (χ3v) is 2.53. The van der Waals surface area contributed by atoms with Gasteiger partial charge in [-0.05, 0) is 19.3 Å². The Kier molecular flexibility index (Phi) is 2.80. The third kappa shape index (κ3) is 2.16. The van der Waals surface area contributed by atoms with Crippen LogP contribution in [0.4, 0.5) is 0 Å². The number of aromatic nitrogens is 2. The van der Waals surface area contributed by atoms with Crippen LogP contribution in [0.1, 0.15) is 40.2 Å². The van der Waals surface area contributed by atoms with Crippen molar-refractivity contribution in [2.24, 2.45) is 0 Å². The average molecular weight is 221 g/mol. The molecule has 0 saturated heterocycles. The summed E-state index contributed by atoms with van der Waals surface area (Å²) in [5.41, 5.74) is -0.173. The number of hydrogen-bond acceptors (Lipinski definition) is 4. The molecule has 1 fully saturated rings. The van der Waals surface area contributed by atoms with Gasteiger partial charge >= 0.3 is 5.97 Å². The number of aromatic carboxylic acids is 1. The van der Waals surface area contributed by atoms with Gasteiger partial charge in [0.2, 0.25) is 0 Å². The predicted molar refractivity (Wildman–Crippen MR) is 54.1 cm³/mol. The van der Waals surface area contributed by atoms with E-state index in [1.807, 2.05) is 0 Å². The van der Waals surface area contributed by atoms with Crippen LogP contribution >= 0.6 is 0 Å². The highest BCUT2D eigenvalue weighted by Crippen LogP contribution is 2.18. The molecule has 0 bridgehead atoms. The number of hydrogen-bond donors (Lipinski definition) is 2. The molecular weight excluding hydrogens is 210 g/mol. The number of amides is 1. The molecule has 84 valence electrons. The van der Waals surface area contributed by atoms with Crippen molar-refractivity contribution in [2.45, 2.75) is 25.3 Å². The van der Waals surface area contributed by atoms with Crippen LogP contribution in [-0.4, -0.2) is 33.0 Å². The van der Waals surface area contributed by atoms with Gasteiger partial charge in [0, 0.05) is 6.04 Å². The third-order valence-electron chi connectivity index (χ3n) is 2.53. The summed E-state index contributed by atoms with van der Waals surface area (Å²) in [6.07, 6.45) is 5.43. The molecule has 6 heteroatoms. The SMILES string of the molecule is O=C(O)c1cncc(C(=O)NC2CCC2)n1. The van der Waals surface area contributed by atoms with Crippen LogP contribution in [-0.2, 0) is 0 Å². The van der Waals surface area contributed by atoms with E-state index in [0.29, 0.717) is 0 Å². The van der Waals surface area contributed by atoms with Gasteiger partial charge in [-0.3, -0.25) is 9.78 Å². The first-order valence-corrected chi connectivity index (χ1v) is 5.03.